The first-order valence-electron chi connectivity index (χ1n) is 4.13. The van der Waals surface area contributed by atoms with E-state index in [0.717, 1.165) is 5.56 Å². The van der Waals surface area contributed by atoms with Crippen LogP contribution in [0.4, 0.5) is 0 Å². The van der Waals surface area contributed by atoms with E-state index in [1.54, 1.807) is 0 Å². The maximum Gasteiger partial charge on any atom is 0.317 e. The Morgan fingerprint density at radius 1 is 1.38 bits per heavy atom. The van der Waals surface area contributed by atoms with E-state index in [0.29, 0.717) is 5.75 Å². The summed E-state index contributed by atoms with van der Waals surface area (Å²) in [5.74, 6) is 0.356. The number of rotatable bonds is 1. The van der Waals surface area contributed by atoms with E-state index < -0.39 is 0 Å². The summed E-state index contributed by atoms with van der Waals surface area (Å²) in [6.07, 6.45) is 0. The van der Waals surface area contributed by atoms with Crippen molar-refractivity contribution in [2.45, 2.75) is 12.4 Å². The van der Waals surface area contributed by atoms with Gasteiger partial charge < -0.3 is 4.74 Å². The molecule has 0 unspecified atom stereocenters. The van der Waals surface area contributed by atoms with Gasteiger partial charge in [0.15, 0.2) is 5.44 Å². The van der Waals surface area contributed by atoms with Crippen molar-refractivity contribution in [3.05, 3.63) is 35.4 Å². The van der Waals surface area contributed by atoms with Gasteiger partial charge in [-0.25, -0.2) is 0 Å². The molecule has 0 aliphatic carbocycles. The summed E-state index contributed by atoms with van der Waals surface area (Å²) in [6, 6.07) is 8.07. The number of esters is 1. The zero-order chi connectivity index (χ0) is 9.26. The fourth-order valence-electron chi connectivity index (χ4n) is 1.22. The maximum atomic E-state index is 10.9. The third-order valence-electron chi connectivity index (χ3n) is 1.94. The second-order valence-electron chi connectivity index (χ2n) is 3.04. The molecule has 0 saturated carbocycles. The third-order valence-corrected chi connectivity index (χ3v) is 3.01. The second kappa shape index (κ2) is 3.42. The van der Waals surface area contributed by atoms with Gasteiger partial charge in [0, 0.05) is 5.56 Å². The number of carbonyl (C=O) groups is 1. The van der Waals surface area contributed by atoms with Gasteiger partial charge in [0.05, 0.1) is 5.75 Å². The second-order valence-corrected chi connectivity index (χ2v) is 4.09. The predicted molar refractivity (Wildman–Crippen MR) is 52.5 cm³/mol. The molecule has 1 heterocycles. The van der Waals surface area contributed by atoms with Crippen LogP contribution in [0.2, 0.25) is 0 Å². The van der Waals surface area contributed by atoms with E-state index in [-0.39, 0.29) is 11.4 Å². The molecule has 1 aromatic carbocycles. The lowest BCUT2D eigenvalue weighted by Crippen LogP contribution is -1.98. The molecule has 1 aliphatic rings. The number of thioether (sulfide) groups is 1. The fraction of sp³-hybridized carbons (Fsp3) is 0.300. The Balaban J connectivity index is 2.17. The van der Waals surface area contributed by atoms with Crippen LogP contribution in [0.1, 0.15) is 16.6 Å². The Morgan fingerprint density at radius 3 is 2.62 bits per heavy atom. The highest BCUT2D eigenvalue weighted by atomic mass is 32.2. The first kappa shape index (κ1) is 8.63. The molecular formula is C10H10O2S. The summed E-state index contributed by atoms with van der Waals surface area (Å²) >= 11 is 1.54. The van der Waals surface area contributed by atoms with Gasteiger partial charge in [0.25, 0.3) is 0 Å². The number of aryl methyl sites for hydroxylation is 1. The van der Waals surface area contributed by atoms with Gasteiger partial charge in [-0.1, -0.05) is 29.8 Å². The Morgan fingerprint density at radius 2 is 2.08 bits per heavy atom. The van der Waals surface area contributed by atoms with E-state index in [2.05, 4.69) is 0 Å². The first-order chi connectivity index (χ1) is 6.25. The smallest absolute Gasteiger partial charge is 0.317 e. The van der Waals surface area contributed by atoms with E-state index in [1.807, 2.05) is 31.2 Å². The summed E-state index contributed by atoms with van der Waals surface area (Å²) in [5, 5.41) is 0. The predicted octanol–water partition coefficient (Wildman–Crippen LogP) is 2.28. The molecule has 0 bridgehead atoms. The van der Waals surface area contributed by atoms with Crippen molar-refractivity contribution < 1.29 is 9.53 Å². The SMILES string of the molecule is Cc1ccc([C@H]2OC(=O)CS2)cc1. The third kappa shape index (κ3) is 1.86. The number of hydrogen-bond donors (Lipinski definition) is 0. The number of ether oxygens (including phenoxy) is 1. The average Bonchev–Trinajstić information content (AvgIpc) is 2.53. The lowest BCUT2D eigenvalue weighted by molar-refractivity contribution is -0.140. The molecule has 0 spiro atoms. The largest absolute Gasteiger partial charge is 0.446 e. The van der Waals surface area contributed by atoms with Crippen LogP contribution in [-0.2, 0) is 9.53 Å². The minimum atomic E-state index is -0.115. The molecule has 3 heteroatoms. The monoisotopic (exact) mass is 194 g/mol. The van der Waals surface area contributed by atoms with Crippen molar-refractivity contribution >= 4 is 17.7 Å². The van der Waals surface area contributed by atoms with Crippen molar-refractivity contribution in [3.8, 4) is 0 Å². The van der Waals surface area contributed by atoms with E-state index in [1.165, 1.54) is 17.3 Å². The Kier molecular flexibility index (Phi) is 2.27. The van der Waals surface area contributed by atoms with E-state index >= 15 is 0 Å². The van der Waals surface area contributed by atoms with Crippen molar-refractivity contribution in [2.75, 3.05) is 5.75 Å². The van der Waals surface area contributed by atoms with Crippen LogP contribution in [0.3, 0.4) is 0 Å². The zero-order valence-electron chi connectivity index (χ0n) is 7.32. The fourth-order valence-corrected chi connectivity index (χ4v) is 2.10. The molecular weight excluding hydrogens is 184 g/mol. The normalized spacial score (nSPS) is 21.6. The highest BCUT2D eigenvalue weighted by molar-refractivity contribution is 8.00. The van der Waals surface area contributed by atoms with Crippen molar-refractivity contribution in [1.29, 1.82) is 0 Å². The number of cyclic esters (lactones) is 1. The minimum absolute atomic E-state index is 0.0897. The molecule has 0 aromatic heterocycles. The first-order valence-corrected chi connectivity index (χ1v) is 5.18. The summed E-state index contributed by atoms with van der Waals surface area (Å²) in [7, 11) is 0. The van der Waals surface area contributed by atoms with Crippen LogP contribution in [0.25, 0.3) is 0 Å². The molecule has 0 amide bonds. The van der Waals surface area contributed by atoms with Crippen LogP contribution >= 0.6 is 11.8 Å². The molecule has 2 nitrogen and oxygen atoms in total. The highest BCUT2D eigenvalue weighted by Crippen LogP contribution is 2.35. The molecule has 68 valence electrons. The average molecular weight is 194 g/mol. The van der Waals surface area contributed by atoms with Gasteiger partial charge in [-0.05, 0) is 6.92 Å². The Hall–Kier alpha value is -0.960. The van der Waals surface area contributed by atoms with Gasteiger partial charge in [0.1, 0.15) is 0 Å². The standard InChI is InChI=1S/C10H10O2S/c1-7-2-4-8(5-3-7)10-12-9(11)6-13-10/h2-5,10H,6H2,1H3/t10-/m0/s1. The molecule has 0 radical (unpaired) electrons. The van der Waals surface area contributed by atoms with Gasteiger partial charge in [-0.15, -0.1) is 11.8 Å². The van der Waals surface area contributed by atoms with E-state index in [4.69, 9.17) is 4.74 Å². The molecule has 13 heavy (non-hydrogen) atoms. The van der Waals surface area contributed by atoms with Gasteiger partial charge >= 0.3 is 5.97 Å². The van der Waals surface area contributed by atoms with Crippen molar-refractivity contribution in [1.82, 2.24) is 0 Å². The molecule has 2 rings (SSSR count). The molecule has 1 aliphatic heterocycles. The molecule has 1 atom stereocenters. The molecule has 1 saturated heterocycles. The Labute approximate surface area is 81.3 Å². The lowest BCUT2D eigenvalue weighted by Gasteiger charge is -2.07. The van der Waals surface area contributed by atoms with Crippen LogP contribution in [0.5, 0.6) is 0 Å². The van der Waals surface area contributed by atoms with E-state index in [9.17, 15) is 4.79 Å². The number of carbonyl (C=O) groups excluding carboxylic acids is 1. The summed E-state index contributed by atoms with van der Waals surface area (Å²) in [5.41, 5.74) is 2.20. The van der Waals surface area contributed by atoms with Crippen LogP contribution < -0.4 is 0 Å². The number of benzene rings is 1. The molecule has 1 aromatic rings. The van der Waals surface area contributed by atoms with Gasteiger partial charge in [-0.2, -0.15) is 0 Å². The molecule has 0 N–H and O–H groups in total. The molecule has 1 fully saturated rings. The highest BCUT2D eigenvalue weighted by Gasteiger charge is 2.24. The van der Waals surface area contributed by atoms with Gasteiger partial charge in [-0.3, -0.25) is 4.79 Å². The topological polar surface area (TPSA) is 26.3 Å². The summed E-state index contributed by atoms with van der Waals surface area (Å²) in [6.45, 7) is 2.04. The lowest BCUT2D eigenvalue weighted by atomic mass is 10.2. The summed E-state index contributed by atoms with van der Waals surface area (Å²) in [4.78, 5) is 10.9. The van der Waals surface area contributed by atoms with Crippen molar-refractivity contribution in [3.63, 3.8) is 0 Å². The number of hydrogen-bond acceptors (Lipinski definition) is 3. The quantitative estimate of drug-likeness (QED) is 0.641. The van der Waals surface area contributed by atoms with Crippen LogP contribution in [-0.4, -0.2) is 11.7 Å². The maximum absolute atomic E-state index is 10.9. The summed E-state index contributed by atoms with van der Waals surface area (Å²) < 4.78 is 5.11. The van der Waals surface area contributed by atoms with Gasteiger partial charge in [0.2, 0.25) is 0 Å². The zero-order valence-corrected chi connectivity index (χ0v) is 8.14. The van der Waals surface area contributed by atoms with Crippen LogP contribution in [0.15, 0.2) is 24.3 Å². The minimum Gasteiger partial charge on any atom is -0.446 e. The Bertz CT molecular complexity index is 318. The van der Waals surface area contributed by atoms with Crippen molar-refractivity contribution in [2.24, 2.45) is 0 Å². The van der Waals surface area contributed by atoms with Crippen LogP contribution in [0, 0.1) is 6.92 Å².